The number of nitrogens with zero attached hydrogens (tertiary/aromatic N) is 4. The van der Waals surface area contributed by atoms with Crippen molar-refractivity contribution in [1.29, 1.82) is 0 Å². The van der Waals surface area contributed by atoms with E-state index in [9.17, 15) is 8.78 Å². The normalized spacial score (nSPS) is 33.1. The van der Waals surface area contributed by atoms with Gasteiger partial charge < -0.3 is 10.6 Å². The van der Waals surface area contributed by atoms with E-state index in [-0.39, 0.29) is 11.9 Å². The maximum atomic E-state index is 14.8. The highest BCUT2D eigenvalue weighted by Gasteiger charge is 2.37. The van der Waals surface area contributed by atoms with Crippen molar-refractivity contribution in [2.75, 3.05) is 20.1 Å². The SMILES string of the molecule is CNC1=C(F)C=NC(N)(c2cnn([C@@H]3CCN(C4CCC4)C[C@H]3F)c2)N1. The predicted octanol–water partition coefficient (Wildman–Crippen LogP) is 1.12. The van der Waals surface area contributed by atoms with E-state index >= 15 is 0 Å². The summed E-state index contributed by atoms with van der Waals surface area (Å²) in [6.07, 6.45) is 7.70. The molecule has 3 aliphatic rings. The van der Waals surface area contributed by atoms with Crippen LogP contribution in [0.3, 0.4) is 0 Å². The predicted molar refractivity (Wildman–Crippen MR) is 94.7 cm³/mol. The Morgan fingerprint density at radius 3 is 2.85 bits per heavy atom. The zero-order valence-electron chi connectivity index (χ0n) is 14.8. The fourth-order valence-corrected chi connectivity index (χ4v) is 3.85. The number of allylic oxidation sites excluding steroid dienone is 1. The number of nitrogens with one attached hydrogen (secondary N) is 2. The largest absolute Gasteiger partial charge is 0.372 e. The van der Waals surface area contributed by atoms with Gasteiger partial charge in [-0.25, -0.2) is 13.8 Å². The molecule has 9 heteroatoms. The van der Waals surface area contributed by atoms with Crippen molar-refractivity contribution in [2.24, 2.45) is 10.7 Å². The van der Waals surface area contributed by atoms with E-state index in [1.165, 1.54) is 19.3 Å². The van der Waals surface area contributed by atoms with Gasteiger partial charge in [-0.3, -0.25) is 15.3 Å². The molecule has 0 bridgehead atoms. The van der Waals surface area contributed by atoms with Crippen LogP contribution < -0.4 is 16.4 Å². The van der Waals surface area contributed by atoms with Gasteiger partial charge in [0.25, 0.3) is 0 Å². The van der Waals surface area contributed by atoms with Crippen molar-refractivity contribution in [3.8, 4) is 0 Å². The molecule has 26 heavy (non-hydrogen) atoms. The van der Waals surface area contributed by atoms with Crippen molar-refractivity contribution in [3.05, 3.63) is 29.6 Å². The van der Waals surface area contributed by atoms with Crippen molar-refractivity contribution < 1.29 is 8.78 Å². The van der Waals surface area contributed by atoms with Crippen LogP contribution in [0.1, 0.15) is 37.3 Å². The number of likely N-dealkylation sites (tertiary alicyclic amines) is 1. The second-order valence-electron chi connectivity index (χ2n) is 7.28. The van der Waals surface area contributed by atoms with Gasteiger partial charge in [0.05, 0.1) is 24.0 Å². The minimum atomic E-state index is -1.33. The lowest BCUT2D eigenvalue weighted by Gasteiger charge is -2.43. The van der Waals surface area contributed by atoms with Crippen LogP contribution in [0.15, 0.2) is 29.0 Å². The van der Waals surface area contributed by atoms with Crippen LogP contribution in [-0.4, -0.2) is 53.2 Å². The molecule has 0 spiro atoms. The molecule has 1 saturated carbocycles. The zero-order valence-corrected chi connectivity index (χ0v) is 14.8. The third-order valence-corrected chi connectivity index (χ3v) is 5.70. The minimum Gasteiger partial charge on any atom is -0.372 e. The number of alkyl halides is 1. The first-order valence-electron chi connectivity index (χ1n) is 9.13. The molecule has 1 aromatic rings. The van der Waals surface area contributed by atoms with Crippen molar-refractivity contribution in [1.82, 2.24) is 25.3 Å². The van der Waals surface area contributed by atoms with Crippen LogP contribution in [0, 0.1) is 0 Å². The number of hydrogen-bond donors (Lipinski definition) is 3. The standard InChI is InChI=1S/C17H25F2N7/c1-21-16-13(18)8-22-17(20,24-16)11-7-23-26(9-11)15-5-6-25(10-14(15)19)12-3-2-4-12/h7-9,12,14-15,21,24H,2-6,10,20H2,1H3/t14-,15-,17?/m1/s1. The van der Waals surface area contributed by atoms with E-state index in [0.29, 0.717) is 24.6 Å². The van der Waals surface area contributed by atoms with Gasteiger partial charge >= 0.3 is 0 Å². The third-order valence-electron chi connectivity index (χ3n) is 5.70. The molecular weight excluding hydrogens is 340 g/mol. The molecule has 4 rings (SSSR count). The molecule has 7 nitrogen and oxygen atoms in total. The van der Waals surface area contributed by atoms with Crippen LogP contribution in [0.4, 0.5) is 8.78 Å². The lowest BCUT2D eigenvalue weighted by molar-refractivity contribution is 0.0301. The summed E-state index contributed by atoms with van der Waals surface area (Å²) in [4.78, 5) is 6.32. The van der Waals surface area contributed by atoms with Crippen LogP contribution in [0.25, 0.3) is 0 Å². The molecule has 4 N–H and O–H groups in total. The smallest absolute Gasteiger partial charge is 0.213 e. The lowest BCUT2D eigenvalue weighted by atomic mass is 9.89. The van der Waals surface area contributed by atoms with Crippen molar-refractivity contribution in [2.45, 2.75) is 49.7 Å². The van der Waals surface area contributed by atoms with Crippen LogP contribution in [0.5, 0.6) is 0 Å². The molecule has 1 unspecified atom stereocenters. The first-order valence-corrected chi connectivity index (χ1v) is 9.13. The number of halogens is 2. The highest BCUT2D eigenvalue weighted by atomic mass is 19.1. The molecule has 0 radical (unpaired) electrons. The number of rotatable bonds is 4. The summed E-state index contributed by atoms with van der Waals surface area (Å²) in [5.41, 5.74) is 6.83. The molecule has 2 fully saturated rings. The fraction of sp³-hybridized carbons (Fsp3) is 0.647. The highest BCUT2D eigenvalue weighted by Crippen LogP contribution is 2.33. The van der Waals surface area contributed by atoms with Crippen molar-refractivity contribution in [3.63, 3.8) is 0 Å². The van der Waals surface area contributed by atoms with E-state index in [1.54, 1.807) is 24.1 Å². The van der Waals surface area contributed by atoms with Crippen LogP contribution >= 0.6 is 0 Å². The van der Waals surface area contributed by atoms with E-state index in [2.05, 4.69) is 25.6 Å². The molecule has 142 valence electrons. The Hall–Kier alpha value is -2.00. The maximum absolute atomic E-state index is 14.8. The average molecular weight is 365 g/mol. The summed E-state index contributed by atoms with van der Waals surface area (Å²) >= 11 is 0. The monoisotopic (exact) mass is 365 g/mol. The van der Waals surface area contributed by atoms with Gasteiger partial charge in [-0.1, -0.05) is 6.42 Å². The lowest BCUT2D eigenvalue weighted by Crippen LogP contribution is -2.52. The Labute approximate surface area is 151 Å². The summed E-state index contributed by atoms with van der Waals surface area (Å²) in [7, 11) is 1.59. The number of piperidine rings is 1. The maximum Gasteiger partial charge on any atom is 0.213 e. The third kappa shape index (κ3) is 2.99. The molecular formula is C17H25F2N7. The van der Waals surface area contributed by atoms with E-state index < -0.39 is 17.8 Å². The van der Waals surface area contributed by atoms with Gasteiger partial charge in [0.15, 0.2) is 5.83 Å². The van der Waals surface area contributed by atoms with Gasteiger partial charge in [-0.05, 0) is 19.3 Å². The molecule has 2 aliphatic heterocycles. The van der Waals surface area contributed by atoms with E-state index in [1.807, 2.05) is 0 Å². The van der Waals surface area contributed by atoms with Gasteiger partial charge in [0.1, 0.15) is 12.0 Å². The Kier molecular flexibility index (Phi) is 4.44. The Balaban J connectivity index is 1.47. The molecule has 3 heterocycles. The second-order valence-corrected chi connectivity index (χ2v) is 7.28. The summed E-state index contributed by atoms with van der Waals surface area (Å²) in [5.74, 6) is -1.69. The number of nitrogens with two attached hydrogens (primary N) is 1. The average Bonchev–Trinajstić information content (AvgIpc) is 3.06. The number of aliphatic imine (C=N–C) groups is 1. The number of hydrogen-bond acceptors (Lipinski definition) is 6. The highest BCUT2D eigenvalue weighted by molar-refractivity contribution is 5.78. The molecule has 1 saturated heterocycles. The van der Waals surface area contributed by atoms with Crippen molar-refractivity contribution >= 4 is 6.21 Å². The summed E-state index contributed by atoms with van der Waals surface area (Å²) in [6.45, 7) is 1.33. The van der Waals surface area contributed by atoms with Gasteiger partial charge in [0.2, 0.25) is 5.79 Å². The summed E-state index contributed by atoms with van der Waals surface area (Å²) < 4.78 is 30.1. The van der Waals surface area contributed by atoms with E-state index in [4.69, 9.17) is 5.73 Å². The van der Waals surface area contributed by atoms with Gasteiger partial charge in [-0.2, -0.15) is 5.10 Å². The second kappa shape index (κ2) is 6.62. The topological polar surface area (TPSA) is 83.5 Å². The van der Waals surface area contributed by atoms with Crippen LogP contribution in [-0.2, 0) is 5.79 Å². The fourth-order valence-electron chi connectivity index (χ4n) is 3.85. The van der Waals surface area contributed by atoms with Gasteiger partial charge in [0, 0.05) is 32.4 Å². The molecule has 1 aliphatic carbocycles. The van der Waals surface area contributed by atoms with Gasteiger partial charge in [-0.15, -0.1) is 0 Å². The minimum absolute atomic E-state index is 0.160. The summed E-state index contributed by atoms with van der Waals surface area (Å²) in [6, 6.07) is 0.240. The Morgan fingerprint density at radius 2 is 2.19 bits per heavy atom. The van der Waals surface area contributed by atoms with Crippen LogP contribution in [0.2, 0.25) is 0 Å². The Bertz CT molecular complexity index is 726. The first kappa shape index (κ1) is 17.4. The quantitative estimate of drug-likeness (QED) is 0.745. The Morgan fingerprint density at radius 1 is 1.38 bits per heavy atom. The number of aromatic nitrogens is 2. The summed E-state index contributed by atoms with van der Waals surface area (Å²) in [5, 5.41) is 9.86. The molecule has 0 amide bonds. The van der Waals surface area contributed by atoms with E-state index in [0.717, 1.165) is 12.8 Å². The first-order chi connectivity index (χ1) is 12.5. The molecule has 1 aromatic heterocycles. The molecule has 3 atom stereocenters. The molecule has 0 aromatic carbocycles. The zero-order chi connectivity index (χ0) is 18.3.